The van der Waals surface area contributed by atoms with Crippen LogP contribution in [0.5, 0.6) is 0 Å². The molecule has 98 valence electrons. The zero-order chi connectivity index (χ0) is 13.8. The zero-order valence-corrected chi connectivity index (χ0v) is 11.7. The van der Waals surface area contributed by atoms with Gasteiger partial charge in [-0.3, -0.25) is 4.98 Å². The fourth-order valence-electron chi connectivity index (χ4n) is 1.78. The van der Waals surface area contributed by atoms with Crippen molar-refractivity contribution in [3.8, 4) is 0 Å². The van der Waals surface area contributed by atoms with Crippen LogP contribution in [0, 0.1) is 13.8 Å². The first-order valence-electron chi connectivity index (χ1n) is 5.94. The number of rotatable bonds is 4. The lowest BCUT2D eigenvalue weighted by molar-refractivity contribution is 0.0692. The molecule has 0 aliphatic heterocycles. The van der Waals surface area contributed by atoms with Gasteiger partial charge in [0.25, 0.3) is 0 Å². The number of aromatic nitrogens is 1. The highest BCUT2D eigenvalue weighted by Crippen LogP contribution is 2.26. The van der Waals surface area contributed by atoms with Crippen molar-refractivity contribution in [2.75, 3.05) is 0 Å². The van der Waals surface area contributed by atoms with E-state index in [0.717, 1.165) is 16.3 Å². The minimum absolute atomic E-state index is 0.267. The number of carboxylic acid groups (broad SMARTS) is 1. The third kappa shape index (κ3) is 3.58. The van der Waals surface area contributed by atoms with E-state index in [4.69, 9.17) is 5.11 Å². The van der Waals surface area contributed by atoms with Crippen LogP contribution < -0.4 is 0 Å². The summed E-state index contributed by atoms with van der Waals surface area (Å²) in [5, 5.41) is 9.14. The molecule has 0 fully saturated rings. The van der Waals surface area contributed by atoms with Crippen molar-refractivity contribution >= 4 is 17.7 Å². The highest BCUT2D eigenvalue weighted by atomic mass is 32.2. The Labute approximate surface area is 116 Å². The molecule has 0 unspecified atom stereocenters. The van der Waals surface area contributed by atoms with Crippen molar-refractivity contribution < 1.29 is 9.90 Å². The Morgan fingerprint density at radius 1 is 1.32 bits per heavy atom. The summed E-state index contributed by atoms with van der Waals surface area (Å²) in [6.07, 6.45) is 1.43. The third-order valence-electron chi connectivity index (χ3n) is 2.71. The first-order chi connectivity index (χ1) is 9.06. The number of hydrogen-bond donors (Lipinski definition) is 1. The van der Waals surface area contributed by atoms with Gasteiger partial charge in [-0.15, -0.1) is 11.8 Å². The molecule has 1 N–H and O–H groups in total. The van der Waals surface area contributed by atoms with E-state index in [0.29, 0.717) is 0 Å². The van der Waals surface area contributed by atoms with E-state index >= 15 is 0 Å². The largest absolute Gasteiger partial charge is 0.478 e. The second kappa shape index (κ2) is 5.89. The van der Waals surface area contributed by atoms with E-state index in [1.165, 1.54) is 29.1 Å². The zero-order valence-electron chi connectivity index (χ0n) is 10.9. The van der Waals surface area contributed by atoms with Gasteiger partial charge in [0.1, 0.15) is 0 Å². The summed E-state index contributed by atoms with van der Waals surface area (Å²) in [7, 11) is 0. The Bertz CT molecular complexity index is 611. The molecule has 0 saturated carbocycles. The van der Waals surface area contributed by atoms with Crippen LogP contribution in [0.1, 0.15) is 27.2 Å². The van der Waals surface area contributed by atoms with Crippen LogP contribution in [-0.4, -0.2) is 16.1 Å². The van der Waals surface area contributed by atoms with E-state index in [1.807, 2.05) is 32.0 Å². The van der Waals surface area contributed by atoms with E-state index < -0.39 is 5.97 Å². The highest BCUT2D eigenvalue weighted by Gasteiger charge is 2.11. The van der Waals surface area contributed by atoms with Gasteiger partial charge < -0.3 is 5.11 Å². The molecule has 19 heavy (non-hydrogen) atoms. The smallest absolute Gasteiger partial charge is 0.338 e. The van der Waals surface area contributed by atoms with Crippen molar-refractivity contribution in [2.45, 2.75) is 24.5 Å². The number of aryl methyl sites for hydroxylation is 2. The topological polar surface area (TPSA) is 50.2 Å². The molecular formula is C15H15NO2S. The van der Waals surface area contributed by atoms with Gasteiger partial charge in [-0.25, -0.2) is 4.79 Å². The predicted octanol–water partition coefficient (Wildman–Crippen LogP) is 3.69. The van der Waals surface area contributed by atoms with Crippen LogP contribution in [-0.2, 0) is 5.75 Å². The fraction of sp³-hybridized carbons (Fsp3) is 0.200. The van der Waals surface area contributed by atoms with Gasteiger partial charge in [0.15, 0.2) is 0 Å². The van der Waals surface area contributed by atoms with Gasteiger partial charge in [0.2, 0.25) is 0 Å². The van der Waals surface area contributed by atoms with Crippen LogP contribution in [0.25, 0.3) is 0 Å². The van der Waals surface area contributed by atoms with Crippen molar-refractivity contribution in [3.05, 3.63) is 58.9 Å². The number of hydrogen-bond acceptors (Lipinski definition) is 3. The monoisotopic (exact) mass is 273 g/mol. The molecule has 4 heteroatoms. The average molecular weight is 273 g/mol. The molecule has 0 bridgehead atoms. The minimum Gasteiger partial charge on any atom is -0.478 e. The lowest BCUT2D eigenvalue weighted by atomic mass is 10.2. The Balaban J connectivity index is 2.19. The van der Waals surface area contributed by atoms with Crippen LogP contribution in [0.3, 0.4) is 0 Å². The standard InChI is InChI=1S/C15H15NO2S/c1-10-4-3-5-12(6-10)9-19-14-7-11(2)16-8-13(14)15(17)18/h3-8H,9H2,1-2H3,(H,17,18). The van der Waals surface area contributed by atoms with E-state index in [-0.39, 0.29) is 5.56 Å². The van der Waals surface area contributed by atoms with Gasteiger partial charge in [-0.05, 0) is 25.5 Å². The maximum absolute atomic E-state index is 11.1. The van der Waals surface area contributed by atoms with E-state index in [2.05, 4.69) is 17.1 Å². The molecule has 0 saturated heterocycles. The lowest BCUT2D eigenvalue weighted by Crippen LogP contribution is -2.01. The summed E-state index contributed by atoms with van der Waals surface area (Å²) in [4.78, 5) is 15.9. The van der Waals surface area contributed by atoms with Gasteiger partial charge in [0.05, 0.1) is 5.56 Å². The van der Waals surface area contributed by atoms with Crippen molar-refractivity contribution in [3.63, 3.8) is 0 Å². The van der Waals surface area contributed by atoms with Gasteiger partial charge >= 0.3 is 5.97 Å². The van der Waals surface area contributed by atoms with Gasteiger partial charge in [-0.1, -0.05) is 29.8 Å². The molecule has 3 nitrogen and oxygen atoms in total. The molecule has 1 heterocycles. The Morgan fingerprint density at radius 3 is 2.79 bits per heavy atom. The second-order valence-corrected chi connectivity index (χ2v) is 5.42. The van der Waals surface area contributed by atoms with Crippen LogP contribution in [0.4, 0.5) is 0 Å². The Morgan fingerprint density at radius 2 is 2.11 bits per heavy atom. The molecular weight excluding hydrogens is 258 g/mol. The maximum Gasteiger partial charge on any atom is 0.338 e. The summed E-state index contributed by atoms with van der Waals surface area (Å²) in [5.74, 6) is -0.176. The number of benzene rings is 1. The number of carbonyl (C=O) groups is 1. The summed E-state index contributed by atoms with van der Waals surface area (Å²) < 4.78 is 0. The average Bonchev–Trinajstić information content (AvgIpc) is 2.36. The number of pyridine rings is 1. The second-order valence-electron chi connectivity index (χ2n) is 4.40. The summed E-state index contributed by atoms with van der Waals surface area (Å²) in [6.45, 7) is 3.91. The van der Waals surface area contributed by atoms with Crippen LogP contribution in [0.2, 0.25) is 0 Å². The van der Waals surface area contributed by atoms with Gasteiger partial charge in [0, 0.05) is 22.5 Å². The normalized spacial score (nSPS) is 10.4. The molecule has 0 radical (unpaired) electrons. The summed E-state index contributed by atoms with van der Waals surface area (Å²) in [5.41, 5.74) is 3.50. The van der Waals surface area contributed by atoms with Crippen molar-refractivity contribution in [1.82, 2.24) is 4.98 Å². The van der Waals surface area contributed by atoms with Crippen LogP contribution in [0.15, 0.2) is 41.4 Å². The molecule has 1 aromatic carbocycles. The third-order valence-corrected chi connectivity index (χ3v) is 3.84. The van der Waals surface area contributed by atoms with Crippen LogP contribution >= 0.6 is 11.8 Å². The fourth-order valence-corrected chi connectivity index (χ4v) is 2.83. The predicted molar refractivity (Wildman–Crippen MR) is 76.7 cm³/mol. The highest BCUT2D eigenvalue weighted by molar-refractivity contribution is 7.98. The number of thioether (sulfide) groups is 1. The summed E-state index contributed by atoms with van der Waals surface area (Å²) >= 11 is 1.53. The number of carboxylic acids is 1. The lowest BCUT2D eigenvalue weighted by Gasteiger charge is -2.07. The maximum atomic E-state index is 11.1. The first kappa shape index (κ1) is 13.6. The molecule has 0 aliphatic rings. The van der Waals surface area contributed by atoms with Crippen molar-refractivity contribution in [2.24, 2.45) is 0 Å². The summed E-state index contributed by atoms with van der Waals surface area (Å²) in [6, 6.07) is 10.1. The van der Waals surface area contributed by atoms with Crippen molar-refractivity contribution in [1.29, 1.82) is 0 Å². The molecule has 2 aromatic rings. The Kier molecular flexibility index (Phi) is 4.22. The number of nitrogens with zero attached hydrogens (tertiary/aromatic N) is 1. The quantitative estimate of drug-likeness (QED) is 0.863. The molecule has 0 spiro atoms. The molecule has 0 aliphatic carbocycles. The molecule has 2 rings (SSSR count). The van der Waals surface area contributed by atoms with Gasteiger partial charge in [-0.2, -0.15) is 0 Å². The van der Waals surface area contributed by atoms with E-state index in [9.17, 15) is 4.79 Å². The molecule has 1 aromatic heterocycles. The molecule has 0 amide bonds. The first-order valence-corrected chi connectivity index (χ1v) is 6.93. The number of aromatic carboxylic acids is 1. The SMILES string of the molecule is Cc1cccc(CSc2cc(C)ncc2C(=O)O)c1. The Hall–Kier alpha value is -1.81. The van der Waals surface area contributed by atoms with E-state index in [1.54, 1.807) is 0 Å². The molecule has 0 atom stereocenters. The minimum atomic E-state index is -0.931.